The van der Waals surface area contributed by atoms with Crippen LogP contribution in [-0.2, 0) is 16.0 Å². The zero-order valence-electron chi connectivity index (χ0n) is 13.4. The predicted octanol–water partition coefficient (Wildman–Crippen LogP) is 1.01. The van der Waals surface area contributed by atoms with Crippen LogP contribution in [0.1, 0.15) is 28.8 Å². The first kappa shape index (κ1) is 16.0. The van der Waals surface area contributed by atoms with Crippen LogP contribution in [0.3, 0.4) is 0 Å². The highest BCUT2D eigenvalue weighted by Crippen LogP contribution is 2.31. The van der Waals surface area contributed by atoms with Crippen LogP contribution in [0.5, 0.6) is 0 Å². The second-order valence-corrected chi connectivity index (χ2v) is 6.40. The number of carbonyl (C=O) groups excluding carboxylic acids is 2. The van der Waals surface area contributed by atoms with Crippen LogP contribution in [0, 0.1) is 5.41 Å². The highest BCUT2D eigenvalue weighted by molar-refractivity contribution is 6.00. The Balaban J connectivity index is 1.80. The Kier molecular flexibility index (Phi) is 4.37. The standard InChI is InChI=1S/C17H23N3O3/c1-20-7-4-12-2-3-13(10-14(12)15(20)21)19-16(22)17(11-18)5-8-23-9-6-17/h2-3,10H,4-9,11,18H2,1H3,(H,19,22). The lowest BCUT2D eigenvalue weighted by molar-refractivity contribution is -0.130. The largest absolute Gasteiger partial charge is 0.381 e. The molecular formula is C17H23N3O3. The molecule has 0 aliphatic carbocycles. The van der Waals surface area contributed by atoms with Gasteiger partial charge in [0, 0.05) is 44.6 Å². The van der Waals surface area contributed by atoms with Gasteiger partial charge < -0.3 is 20.7 Å². The van der Waals surface area contributed by atoms with Crippen molar-refractivity contribution in [2.24, 2.45) is 11.1 Å². The van der Waals surface area contributed by atoms with Gasteiger partial charge in [-0.15, -0.1) is 0 Å². The number of anilines is 1. The number of benzene rings is 1. The Labute approximate surface area is 136 Å². The third-order valence-electron chi connectivity index (χ3n) is 4.98. The molecule has 0 aromatic heterocycles. The Morgan fingerprint density at radius 1 is 1.39 bits per heavy atom. The minimum atomic E-state index is -0.574. The van der Waals surface area contributed by atoms with Gasteiger partial charge in [-0.3, -0.25) is 9.59 Å². The van der Waals surface area contributed by atoms with E-state index in [0.29, 0.717) is 43.9 Å². The number of amides is 2. The Morgan fingerprint density at radius 2 is 2.13 bits per heavy atom. The van der Waals surface area contributed by atoms with E-state index in [1.165, 1.54) is 0 Å². The lowest BCUT2D eigenvalue weighted by atomic mass is 9.79. The summed E-state index contributed by atoms with van der Waals surface area (Å²) in [7, 11) is 1.79. The molecule has 1 aromatic rings. The summed E-state index contributed by atoms with van der Waals surface area (Å²) in [5.41, 5.74) is 7.65. The summed E-state index contributed by atoms with van der Waals surface area (Å²) in [6, 6.07) is 5.56. The van der Waals surface area contributed by atoms with Crippen LogP contribution in [-0.4, -0.2) is 50.1 Å². The zero-order valence-corrected chi connectivity index (χ0v) is 13.4. The lowest BCUT2D eigenvalue weighted by Crippen LogP contribution is -2.46. The van der Waals surface area contributed by atoms with E-state index in [9.17, 15) is 9.59 Å². The fraction of sp³-hybridized carbons (Fsp3) is 0.529. The van der Waals surface area contributed by atoms with Crippen molar-refractivity contribution >= 4 is 17.5 Å². The van der Waals surface area contributed by atoms with Crippen LogP contribution in [0.2, 0.25) is 0 Å². The second kappa shape index (κ2) is 6.29. The average molecular weight is 317 g/mol. The Hall–Kier alpha value is -1.92. The lowest BCUT2D eigenvalue weighted by Gasteiger charge is -2.34. The first-order valence-electron chi connectivity index (χ1n) is 8.03. The summed E-state index contributed by atoms with van der Waals surface area (Å²) in [5.74, 6) is -0.0817. The summed E-state index contributed by atoms with van der Waals surface area (Å²) in [4.78, 5) is 26.6. The van der Waals surface area contributed by atoms with E-state index in [4.69, 9.17) is 10.5 Å². The number of likely N-dealkylation sites (N-methyl/N-ethyl adjacent to an activating group) is 1. The third-order valence-corrected chi connectivity index (χ3v) is 4.98. The number of fused-ring (bicyclic) bond motifs is 1. The highest BCUT2D eigenvalue weighted by Gasteiger charge is 2.39. The molecule has 2 aliphatic heterocycles. The van der Waals surface area contributed by atoms with Crippen molar-refractivity contribution in [1.82, 2.24) is 4.90 Å². The minimum absolute atomic E-state index is 0.00181. The normalized spacial score (nSPS) is 20.1. The quantitative estimate of drug-likeness (QED) is 0.871. The Bertz CT molecular complexity index is 624. The summed E-state index contributed by atoms with van der Waals surface area (Å²) in [6.07, 6.45) is 2.10. The van der Waals surface area contributed by atoms with Gasteiger partial charge in [0.2, 0.25) is 5.91 Å². The van der Waals surface area contributed by atoms with E-state index in [1.54, 1.807) is 18.0 Å². The first-order valence-corrected chi connectivity index (χ1v) is 8.03. The summed E-state index contributed by atoms with van der Waals surface area (Å²) >= 11 is 0. The maximum absolute atomic E-state index is 12.7. The number of rotatable bonds is 3. The van der Waals surface area contributed by atoms with Crippen LogP contribution < -0.4 is 11.1 Å². The van der Waals surface area contributed by atoms with Gasteiger partial charge in [-0.25, -0.2) is 0 Å². The van der Waals surface area contributed by atoms with Crippen molar-refractivity contribution in [2.75, 3.05) is 38.7 Å². The maximum Gasteiger partial charge on any atom is 0.253 e. The summed E-state index contributed by atoms with van der Waals surface area (Å²) in [6.45, 7) is 2.14. The number of nitrogens with two attached hydrogens (primary N) is 1. The van der Waals surface area contributed by atoms with Gasteiger partial charge in [0.25, 0.3) is 5.91 Å². The van der Waals surface area contributed by atoms with E-state index in [-0.39, 0.29) is 11.8 Å². The number of hydrogen-bond donors (Lipinski definition) is 2. The van der Waals surface area contributed by atoms with Crippen molar-refractivity contribution in [3.63, 3.8) is 0 Å². The molecule has 0 spiro atoms. The Morgan fingerprint density at radius 3 is 2.83 bits per heavy atom. The molecule has 0 bridgehead atoms. The molecule has 1 aromatic carbocycles. The molecule has 3 rings (SSSR count). The molecule has 2 amide bonds. The molecule has 3 N–H and O–H groups in total. The van der Waals surface area contributed by atoms with E-state index < -0.39 is 5.41 Å². The van der Waals surface area contributed by atoms with Gasteiger partial charge >= 0.3 is 0 Å². The average Bonchev–Trinajstić information content (AvgIpc) is 2.59. The van der Waals surface area contributed by atoms with Gasteiger partial charge in [0.05, 0.1) is 5.41 Å². The molecule has 2 aliphatic rings. The minimum Gasteiger partial charge on any atom is -0.381 e. The van der Waals surface area contributed by atoms with Crippen LogP contribution in [0.15, 0.2) is 18.2 Å². The topological polar surface area (TPSA) is 84.7 Å². The molecule has 6 nitrogen and oxygen atoms in total. The van der Waals surface area contributed by atoms with Gasteiger partial charge in [-0.05, 0) is 37.0 Å². The fourth-order valence-electron chi connectivity index (χ4n) is 3.22. The van der Waals surface area contributed by atoms with Gasteiger partial charge in [-0.1, -0.05) is 6.07 Å². The van der Waals surface area contributed by atoms with Gasteiger partial charge in [-0.2, -0.15) is 0 Å². The third kappa shape index (κ3) is 2.96. The van der Waals surface area contributed by atoms with Gasteiger partial charge in [0.1, 0.15) is 0 Å². The molecular weight excluding hydrogens is 294 g/mol. The summed E-state index contributed by atoms with van der Waals surface area (Å²) < 4.78 is 5.34. The maximum atomic E-state index is 12.7. The highest BCUT2D eigenvalue weighted by atomic mass is 16.5. The first-order chi connectivity index (χ1) is 11.1. The predicted molar refractivity (Wildman–Crippen MR) is 87.3 cm³/mol. The van der Waals surface area contributed by atoms with E-state index in [2.05, 4.69) is 5.32 Å². The molecule has 0 saturated carbocycles. The fourth-order valence-corrected chi connectivity index (χ4v) is 3.22. The number of nitrogens with one attached hydrogen (secondary N) is 1. The smallest absolute Gasteiger partial charge is 0.253 e. The molecule has 6 heteroatoms. The van der Waals surface area contributed by atoms with E-state index in [1.807, 2.05) is 12.1 Å². The zero-order chi connectivity index (χ0) is 16.4. The molecule has 0 radical (unpaired) electrons. The molecule has 1 saturated heterocycles. The van der Waals surface area contributed by atoms with Crippen molar-refractivity contribution < 1.29 is 14.3 Å². The van der Waals surface area contributed by atoms with Gasteiger partial charge in [0.15, 0.2) is 0 Å². The van der Waals surface area contributed by atoms with E-state index >= 15 is 0 Å². The molecule has 124 valence electrons. The number of ether oxygens (including phenoxy) is 1. The number of hydrogen-bond acceptors (Lipinski definition) is 4. The van der Waals surface area contributed by atoms with Crippen LogP contribution in [0.4, 0.5) is 5.69 Å². The monoisotopic (exact) mass is 317 g/mol. The van der Waals surface area contributed by atoms with Crippen LogP contribution in [0.25, 0.3) is 0 Å². The van der Waals surface area contributed by atoms with Crippen molar-refractivity contribution in [1.29, 1.82) is 0 Å². The molecule has 1 fully saturated rings. The van der Waals surface area contributed by atoms with Crippen molar-refractivity contribution in [2.45, 2.75) is 19.3 Å². The summed E-state index contributed by atoms with van der Waals surface area (Å²) in [5, 5.41) is 2.94. The molecule has 23 heavy (non-hydrogen) atoms. The molecule has 0 atom stereocenters. The van der Waals surface area contributed by atoms with Crippen molar-refractivity contribution in [3.8, 4) is 0 Å². The van der Waals surface area contributed by atoms with E-state index in [0.717, 1.165) is 18.5 Å². The van der Waals surface area contributed by atoms with Crippen molar-refractivity contribution in [3.05, 3.63) is 29.3 Å². The molecule has 0 unspecified atom stereocenters. The number of nitrogens with zero attached hydrogens (tertiary/aromatic N) is 1. The number of carbonyl (C=O) groups is 2. The molecule has 2 heterocycles. The second-order valence-electron chi connectivity index (χ2n) is 6.40. The van der Waals surface area contributed by atoms with Crippen LogP contribution >= 0.6 is 0 Å². The SMILES string of the molecule is CN1CCc2ccc(NC(=O)C3(CN)CCOCC3)cc2C1=O.